The second kappa shape index (κ2) is 3.41. The van der Waals surface area contributed by atoms with Gasteiger partial charge in [-0.3, -0.25) is 0 Å². The van der Waals surface area contributed by atoms with Crippen molar-refractivity contribution in [3.05, 3.63) is 29.8 Å². The van der Waals surface area contributed by atoms with Gasteiger partial charge < -0.3 is 9.90 Å². The zero-order valence-corrected chi connectivity index (χ0v) is 8.44. The molecule has 1 aliphatic heterocycles. The van der Waals surface area contributed by atoms with E-state index in [0.29, 0.717) is 6.29 Å². The third-order valence-electron chi connectivity index (χ3n) is 2.31. The van der Waals surface area contributed by atoms with Crippen LogP contribution < -0.4 is 4.72 Å². The van der Waals surface area contributed by atoms with Crippen LogP contribution in [0.3, 0.4) is 0 Å². The van der Waals surface area contributed by atoms with E-state index in [1.807, 2.05) is 0 Å². The number of fused-ring (bicyclic) bond motifs is 1. The van der Waals surface area contributed by atoms with Gasteiger partial charge in [0.05, 0.1) is 4.90 Å². The van der Waals surface area contributed by atoms with Gasteiger partial charge in [0.2, 0.25) is 10.0 Å². The lowest BCUT2D eigenvalue weighted by molar-refractivity contribution is -0.111. The molecule has 2 N–H and O–H groups in total. The Kier molecular flexibility index (Phi) is 2.34. The lowest BCUT2D eigenvalue weighted by Gasteiger charge is -2.26. The molecule has 15 heavy (non-hydrogen) atoms. The minimum Gasteiger partial charge on any atom is -0.386 e. The average molecular weight is 227 g/mol. The highest BCUT2D eigenvalue weighted by Crippen LogP contribution is 2.29. The van der Waals surface area contributed by atoms with Crippen LogP contribution >= 0.6 is 0 Å². The Labute approximate surface area is 86.8 Å². The number of sulfonamides is 1. The molecule has 0 aromatic heterocycles. The molecule has 5 nitrogen and oxygen atoms in total. The van der Waals surface area contributed by atoms with Gasteiger partial charge in [-0.2, -0.15) is 4.72 Å². The van der Waals surface area contributed by atoms with Crippen LogP contribution in [0.1, 0.15) is 11.7 Å². The van der Waals surface area contributed by atoms with E-state index in [2.05, 4.69) is 4.72 Å². The highest BCUT2D eigenvalue weighted by molar-refractivity contribution is 7.89. The molecule has 1 aromatic carbocycles. The summed E-state index contributed by atoms with van der Waals surface area (Å²) < 4.78 is 25.3. The third kappa shape index (κ3) is 1.56. The topological polar surface area (TPSA) is 83.5 Å². The maximum Gasteiger partial charge on any atom is 0.241 e. The van der Waals surface area contributed by atoms with Crippen molar-refractivity contribution < 1.29 is 18.3 Å². The van der Waals surface area contributed by atoms with Crippen LogP contribution in [0.5, 0.6) is 0 Å². The number of hydrogen-bond donors (Lipinski definition) is 2. The second-order valence-corrected chi connectivity index (χ2v) is 4.95. The molecule has 0 radical (unpaired) electrons. The molecule has 6 heteroatoms. The van der Waals surface area contributed by atoms with Gasteiger partial charge in [0.25, 0.3) is 0 Å². The maximum atomic E-state index is 11.6. The molecular formula is C9H9NO4S. The molecule has 2 atom stereocenters. The van der Waals surface area contributed by atoms with E-state index >= 15 is 0 Å². The highest BCUT2D eigenvalue weighted by atomic mass is 32.2. The van der Waals surface area contributed by atoms with Crippen LogP contribution in [0, 0.1) is 0 Å². The number of hydrogen-bond acceptors (Lipinski definition) is 4. The van der Waals surface area contributed by atoms with Crippen molar-refractivity contribution in [1.82, 2.24) is 4.72 Å². The largest absolute Gasteiger partial charge is 0.386 e. The van der Waals surface area contributed by atoms with Crippen LogP contribution in [0.15, 0.2) is 29.2 Å². The third-order valence-corrected chi connectivity index (χ3v) is 3.84. The summed E-state index contributed by atoms with van der Waals surface area (Å²) in [4.78, 5) is 10.6. The van der Waals surface area contributed by atoms with E-state index in [1.54, 1.807) is 12.1 Å². The Balaban J connectivity index is 2.65. The first-order valence-electron chi connectivity index (χ1n) is 4.31. The fourth-order valence-electron chi connectivity index (χ4n) is 1.57. The average Bonchev–Trinajstić information content (AvgIpc) is 2.24. The van der Waals surface area contributed by atoms with Gasteiger partial charge in [-0.1, -0.05) is 18.2 Å². The van der Waals surface area contributed by atoms with E-state index in [1.165, 1.54) is 12.1 Å². The van der Waals surface area contributed by atoms with Gasteiger partial charge in [-0.25, -0.2) is 8.42 Å². The Morgan fingerprint density at radius 3 is 2.67 bits per heavy atom. The number of aldehydes is 1. The quantitative estimate of drug-likeness (QED) is 0.638. The molecule has 0 bridgehead atoms. The Bertz CT molecular complexity index is 497. The Hall–Kier alpha value is -1.24. The van der Waals surface area contributed by atoms with E-state index in [9.17, 15) is 18.3 Å². The minimum absolute atomic E-state index is 0.0237. The van der Waals surface area contributed by atoms with Crippen LogP contribution in [-0.4, -0.2) is 25.9 Å². The van der Waals surface area contributed by atoms with Gasteiger partial charge in [0.1, 0.15) is 18.4 Å². The first-order valence-corrected chi connectivity index (χ1v) is 5.79. The summed E-state index contributed by atoms with van der Waals surface area (Å²) in [5.74, 6) is 0. The van der Waals surface area contributed by atoms with Crippen molar-refractivity contribution in [3.8, 4) is 0 Å². The number of benzene rings is 1. The smallest absolute Gasteiger partial charge is 0.241 e. The van der Waals surface area contributed by atoms with Crippen molar-refractivity contribution in [2.24, 2.45) is 0 Å². The standard InChI is InChI=1S/C9H9NO4S/c11-5-7-9(12)6-3-1-2-4-8(6)15(13,14)10-7/h1-5,7,9-10,12H. The molecule has 2 unspecified atom stereocenters. The first kappa shape index (κ1) is 10.3. The van der Waals surface area contributed by atoms with Gasteiger partial charge >= 0.3 is 0 Å². The van der Waals surface area contributed by atoms with E-state index < -0.39 is 22.2 Å². The number of aliphatic hydroxyl groups is 1. The second-order valence-electron chi connectivity index (χ2n) is 3.27. The molecule has 1 heterocycles. The molecule has 0 spiro atoms. The highest BCUT2D eigenvalue weighted by Gasteiger charge is 2.35. The summed E-state index contributed by atoms with van der Waals surface area (Å²) in [6.07, 6.45) is -0.736. The number of carbonyl (C=O) groups is 1. The van der Waals surface area contributed by atoms with Crippen LogP contribution in [0.25, 0.3) is 0 Å². The molecule has 0 aliphatic carbocycles. The van der Waals surface area contributed by atoms with Crippen molar-refractivity contribution in [1.29, 1.82) is 0 Å². The lowest BCUT2D eigenvalue weighted by atomic mass is 10.0. The summed E-state index contributed by atoms with van der Waals surface area (Å²) in [5, 5.41) is 9.70. The summed E-state index contributed by atoms with van der Waals surface area (Å²) in [6.45, 7) is 0. The van der Waals surface area contributed by atoms with Crippen LogP contribution in [0.4, 0.5) is 0 Å². The summed E-state index contributed by atoms with van der Waals surface area (Å²) >= 11 is 0. The molecule has 0 saturated heterocycles. The first-order chi connectivity index (χ1) is 7.06. The van der Waals surface area contributed by atoms with Crippen LogP contribution in [-0.2, 0) is 14.8 Å². The van der Waals surface area contributed by atoms with E-state index in [4.69, 9.17) is 0 Å². The number of nitrogens with one attached hydrogen (secondary N) is 1. The normalized spacial score (nSPS) is 28.1. The molecule has 0 amide bonds. The molecule has 0 fully saturated rings. The Morgan fingerprint density at radius 2 is 2.00 bits per heavy atom. The lowest BCUT2D eigenvalue weighted by Crippen LogP contribution is -2.45. The minimum atomic E-state index is -3.68. The molecule has 1 aliphatic rings. The fourth-order valence-corrected chi connectivity index (χ4v) is 3.00. The number of aliphatic hydroxyl groups excluding tert-OH is 1. The fraction of sp³-hybridized carbons (Fsp3) is 0.222. The number of carbonyl (C=O) groups excluding carboxylic acids is 1. The predicted octanol–water partition coefficient (Wildman–Crippen LogP) is -0.421. The molecule has 80 valence electrons. The van der Waals surface area contributed by atoms with Gasteiger partial charge in [0, 0.05) is 5.56 Å². The predicted molar refractivity (Wildman–Crippen MR) is 51.6 cm³/mol. The summed E-state index contributed by atoms with van der Waals surface area (Å²) in [5.41, 5.74) is 0.258. The SMILES string of the molecule is O=CC1NS(=O)(=O)c2ccccc2C1O. The summed E-state index contributed by atoms with van der Waals surface area (Å²) in [6, 6.07) is 4.96. The van der Waals surface area contributed by atoms with Crippen molar-refractivity contribution in [2.75, 3.05) is 0 Å². The molecule has 2 rings (SSSR count). The summed E-state index contributed by atoms with van der Waals surface area (Å²) in [7, 11) is -3.68. The van der Waals surface area contributed by atoms with Crippen molar-refractivity contribution in [2.45, 2.75) is 17.0 Å². The van der Waals surface area contributed by atoms with Crippen molar-refractivity contribution in [3.63, 3.8) is 0 Å². The van der Waals surface area contributed by atoms with E-state index in [-0.39, 0.29) is 10.5 Å². The van der Waals surface area contributed by atoms with E-state index in [0.717, 1.165) is 0 Å². The zero-order valence-electron chi connectivity index (χ0n) is 7.62. The maximum absolute atomic E-state index is 11.6. The molecule has 1 aromatic rings. The monoisotopic (exact) mass is 227 g/mol. The van der Waals surface area contributed by atoms with Gasteiger partial charge in [-0.05, 0) is 6.07 Å². The zero-order chi connectivity index (χ0) is 11.1. The molecular weight excluding hydrogens is 218 g/mol. The van der Waals surface area contributed by atoms with Crippen LogP contribution in [0.2, 0.25) is 0 Å². The van der Waals surface area contributed by atoms with Gasteiger partial charge in [-0.15, -0.1) is 0 Å². The van der Waals surface area contributed by atoms with Crippen molar-refractivity contribution >= 4 is 16.3 Å². The number of rotatable bonds is 1. The molecule has 0 saturated carbocycles. The van der Waals surface area contributed by atoms with Gasteiger partial charge in [0.15, 0.2) is 0 Å². The Morgan fingerprint density at radius 1 is 1.33 bits per heavy atom.